The molecule has 2 aromatic rings. The highest BCUT2D eigenvalue weighted by atomic mass is 32.2. The summed E-state index contributed by atoms with van der Waals surface area (Å²) in [6.07, 6.45) is 8.95. The average molecular weight is 418 g/mol. The van der Waals surface area contributed by atoms with Crippen LogP contribution in [0.1, 0.15) is 62.5 Å². The molecule has 1 amide bonds. The number of benzene rings is 1. The Labute approximate surface area is 171 Å². The summed E-state index contributed by atoms with van der Waals surface area (Å²) in [7, 11) is -3.51. The number of carbonyl (C=O) groups excluding carboxylic acids is 1. The van der Waals surface area contributed by atoms with Crippen molar-refractivity contribution in [2.75, 3.05) is 5.32 Å². The normalized spacial score (nSPS) is 15.7. The molecule has 1 aromatic carbocycles. The number of hydrogen-bond acceptors (Lipinski definition) is 5. The predicted octanol–water partition coefficient (Wildman–Crippen LogP) is 4.11. The topological polar surface area (TPSA) is 101 Å². The van der Waals surface area contributed by atoms with Crippen LogP contribution in [0, 0.1) is 6.92 Å². The number of nitrogens with one attached hydrogen (secondary N) is 2. The summed E-state index contributed by atoms with van der Waals surface area (Å²) in [6.45, 7) is 3.53. The first kappa shape index (κ1) is 21.3. The monoisotopic (exact) mass is 417 g/mol. The van der Waals surface area contributed by atoms with E-state index in [2.05, 4.69) is 15.2 Å². The predicted molar refractivity (Wildman–Crippen MR) is 113 cm³/mol. The highest BCUT2D eigenvalue weighted by molar-refractivity contribution is 7.89. The van der Waals surface area contributed by atoms with E-state index in [0.717, 1.165) is 31.2 Å². The minimum Gasteiger partial charge on any atom is -0.354 e. The van der Waals surface area contributed by atoms with Gasteiger partial charge in [0.25, 0.3) is 0 Å². The van der Waals surface area contributed by atoms with Crippen LogP contribution in [0.4, 0.5) is 5.69 Å². The lowest BCUT2D eigenvalue weighted by Gasteiger charge is -2.22. The van der Waals surface area contributed by atoms with E-state index in [1.807, 2.05) is 0 Å². The molecule has 0 saturated heterocycles. The highest BCUT2D eigenvalue weighted by Gasteiger charge is 2.21. The fraction of sp³-hybridized carbons (Fsp3) is 0.429. The van der Waals surface area contributed by atoms with Crippen molar-refractivity contribution in [3.8, 4) is 0 Å². The van der Waals surface area contributed by atoms with Crippen molar-refractivity contribution in [2.45, 2.75) is 63.3 Å². The zero-order valence-electron chi connectivity index (χ0n) is 16.8. The number of nitrogens with zero attached hydrogens (tertiary/aromatic N) is 1. The smallest absolute Gasteiger partial charge is 0.240 e. The Morgan fingerprint density at radius 3 is 2.52 bits per heavy atom. The first-order valence-electron chi connectivity index (χ1n) is 9.95. The minimum atomic E-state index is -3.51. The van der Waals surface area contributed by atoms with E-state index in [1.165, 1.54) is 6.42 Å². The van der Waals surface area contributed by atoms with E-state index >= 15 is 0 Å². The Hall–Kier alpha value is -2.45. The van der Waals surface area contributed by atoms with Gasteiger partial charge in [-0.05, 0) is 43.5 Å². The van der Waals surface area contributed by atoms with E-state index in [0.29, 0.717) is 23.6 Å². The average Bonchev–Trinajstić information content (AvgIpc) is 3.06. The minimum absolute atomic E-state index is 0.0276. The molecule has 0 unspecified atom stereocenters. The van der Waals surface area contributed by atoms with Crippen LogP contribution in [0.15, 0.2) is 33.7 Å². The van der Waals surface area contributed by atoms with Crippen molar-refractivity contribution in [2.24, 2.45) is 0 Å². The highest BCUT2D eigenvalue weighted by Crippen LogP contribution is 2.23. The van der Waals surface area contributed by atoms with Crippen LogP contribution < -0.4 is 10.0 Å². The lowest BCUT2D eigenvalue weighted by atomic mass is 9.96. The molecule has 29 heavy (non-hydrogen) atoms. The van der Waals surface area contributed by atoms with Crippen LogP contribution in [0.5, 0.6) is 0 Å². The van der Waals surface area contributed by atoms with Gasteiger partial charge in [0.05, 0.1) is 4.90 Å². The zero-order chi connectivity index (χ0) is 20.9. The molecule has 2 N–H and O–H groups in total. The molecule has 1 aliphatic carbocycles. The van der Waals surface area contributed by atoms with Crippen LogP contribution in [0.3, 0.4) is 0 Å². The maximum Gasteiger partial charge on any atom is 0.240 e. The molecular formula is C21H27N3O4S. The number of carbonyl (C=O) groups is 1. The molecule has 7 nitrogen and oxygen atoms in total. The first-order chi connectivity index (χ1) is 13.9. The van der Waals surface area contributed by atoms with Gasteiger partial charge in [-0.2, -0.15) is 0 Å². The number of anilines is 1. The van der Waals surface area contributed by atoms with Crippen molar-refractivity contribution in [1.82, 2.24) is 9.88 Å². The molecule has 0 bridgehead atoms. The van der Waals surface area contributed by atoms with Gasteiger partial charge in [0.15, 0.2) is 5.76 Å². The summed E-state index contributed by atoms with van der Waals surface area (Å²) in [4.78, 5) is 11.9. The van der Waals surface area contributed by atoms with E-state index in [-0.39, 0.29) is 16.8 Å². The standard InChI is InChI=1S/C21H27N3O4S/c1-3-20(25)22-21-15(2)23-28-19(21)14-11-16-9-12-18(13-10-16)29(26,27)24-17-7-5-4-6-8-17/h9-14,17,24H,3-8H2,1-2H3,(H,22,25). The number of aromatic nitrogens is 1. The molecule has 0 spiro atoms. The van der Waals surface area contributed by atoms with Crippen molar-refractivity contribution >= 4 is 33.8 Å². The maximum atomic E-state index is 12.6. The molecule has 1 fully saturated rings. The van der Waals surface area contributed by atoms with E-state index in [9.17, 15) is 13.2 Å². The third kappa shape index (κ3) is 5.55. The Bertz CT molecular complexity index is 972. The second-order valence-corrected chi connectivity index (χ2v) is 8.98. The van der Waals surface area contributed by atoms with Gasteiger partial charge in [-0.15, -0.1) is 0 Å². The summed E-state index contributed by atoms with van der Waals surface area (Å²) < 4.78 is 33.2. The van der Waals surface area contributed by atoms with Gasteiger partial charge in [-0.25, -0.2) is 13.1 Å². The number of hydrogen-bond donors (Lipinski definition) is 2. The summed E-state index contributed by atoms with van der Waals surface area (Å²) >= 11 is 0. The molecule has 1 aliphatic rings. The molecular weight excluding hydrogens is 390 g/mol. The molecule has 1 aromatic heterocycles. The summed E-state index contributed by atoms with van der Waals surface area (Å²) in [6, 6.07) is 6.69. The molecule has 0 aliphatic heterocycles. The number of sulfonamides is 1. The lowest BCUT2D eigenvalue weighted by molar-refractivity contribution is -0.115. The number of amides is 1. The first-order valence-corrected chi connectivity index (χ1v) is 11.4. The van der Waals surface area contributed by atoms with Crippen LogP contribution in [-0.2, 0) is 14.8 Å². The largest absolute Gasteiger partial charge is 0.354 e. The van der Waals surface area contributed by atoms with E-state index in [1.54, 1.807) is 50.3 Å². The van der Waals surface area contributed by atoms with Gasteiger partial charge in [0.2, 0.25) is 15.9 Å². The second-order valence-electron chi connectivity index (χ2n) is 7.27. The van der Waals surface area contributed by atoms with Gasteiger partial charge in [0, 0.05) is 12.5 Å². The third-order valence-corrected chi connectivity index (χ3v) is 6.56. The molecule has 0 atom stereocenters. The molecule has 1 saturated carbocycles. The van der Waals surface area contributed by atoms with Crippen LogP contribution in [0.25, 0.3) is 12.2 Å². The Morgan fingerprint density at radius 1 is 1.17 bits per heavy atom. The number of aryl methyl sites for hydroxylation is 1. The molecule has 156 valence electrons. The SMILES string of the molecule is CCC(=O)Nc1c(C)noc1C=Cc1ccc(S(=O)(=O)NC2CCCCC2)cc1. The second kappa shape index (κ2) is 9.37. The van der Waals surface area contributed by atoms with Crippen molar-refractivity contribution < 1.29 is 17.7 Å². The Kier molecular flexibility index (Phi) is 6.87. The van der Waals surface area contributed by atoms with Crippen molar-refractivity contribution in [3.63, 3.8) is 0 Å². The van der Waals surface area contributed by atoms with E-state index in [4.69, 9.17) is 4.52 Å². The Morgan fingerprint density at radius 2 is 1.86 bits per heavy atom. The molecule has 8 heteroatoms. The van der Waals surface area contributed by atoms with Crippen LogP contribution in [0.2, 0.25) is 0 Å². The summed E-state index contributed by atoms with van der Waals surface area (Å²) in [5.74, 6) is 0.325. The van der Waals surface area contributed by atoms with Gasteiger partial charge in [0.1, 0.15) is 11.4 Å². The van der Waals surface area contributed by atoms with Crippen molar-refractivity contribution in [3.05, 3.63) is 41.3 Å². The zero-order valence-corrected chi connectivity index (χ0v) is 17.6. The van der Waals surface area contributed by atoms with Crippen LogP contribution in [-0.4, -0.2) is 25.5 Å². The Balaban J connectivity index is 1.70. The number of rotatable bonds is 7. The fourth-order valence-electron chi connectivity index (χ4n) is 3.32. The maximum absolute atomic E-state index is 12.6. The fourth-order valence-corrected chi connectivity index (χ4v) is 4.62. The van der Waals surface area contributed by atoms with Gasteiger partial charge in [-0.3, -0.25) is 4.79 Å². The summed E-state index contributed by atoms with van der Waals surface area (Å²) in [5, 5.41) is 6.67. The quantitative estimate of drug-likeness (QED) is 0.706. The summed E-state index contributed by atoms with van der Waals surface area (Å²) in [5.41, 5.74) is 1.95. The van der Waals surface area contributed by atoms with Gasteiger partial charge < -0.3 is 9.84 Å². The van der Waals surface area contributed by atoms with Gasteiger partial charge >= 0.3 is 0 Å². The molecule has 3 rings (SSSR count). The third-order valence-electron chi connectivity index (χ3n) is 5.02. The van der Waals surface area contributed by atoms with E-state index < -0.39 is 10.0 Å². The van der Waals surface area contributed by atoms with Gasteiger partial charge in [-0.1, -0.05) is 49.6 Å². The molecule has 1 heterocycles. The lowest BCUT2D eigenvalue weighted by Crippen LogP contribution is -2.36. The van der Waals surface area contributed by atoms with Crippen LogP contribution >= 0.6 is 0 Å². The molecule has 0 radical (unpaired) electrons. The van der Waals surface area contributed by atoms with Crippen molar-refractivity contribution in [1.29, 1.82) is 0 Å².